The summed E-state index contributed by atoms with van der Waals surface area (Å²) in [5, 5.41) is 7.02. The summed E-state index contributed by atoms with van der Waals surface area (Å²) in [7, 11) is 1.70. The highest BCUT2D eigenvalue weighted by Crippen LogP contribution is 2.23. The van der Waals surface area contributed by atoms with Gasteiger partial charge in [-0.05, 0) is 55.7 Å². The third-order valence-electron chi connectivity index (χ3n) is 3.54. The molecule has 2 rings (SSSR count). The predicted octanol–water partition coefficient (Wildman–Crippen LogP) is 4.01. The maximum absolute atomic E-state index is 5.58. The summed E-state index contributed by atoms with van der Waals surface area (Å²) in [6, 6.07) is 15.9. The first-order valence-corrected chi connectivity index (χ1v) is 8.54. The molecule has 0 aliphatic rings. The molecule has 0 bridgehead atoms. The van der Waals surface area contributed by atoms with Crippen molar-refractivity contribution in [2.45, 2.75) is 19.8 Å². The van der Waals surface area contributed by atoms with Crippen molar-refractivity contribution in [3.63, 3.8) is 0 Å². The number of nitrogens with one attached hydrogen (secondary N) is 2. The van der Waals surface area contributed by atoms with Gasteiger partial charge in [0.1, 0.15) is 11.5 Å². The number of hydrogen-bond donors (Lipinski definition) is 2. The van der Waals surface area contributed by atoms with Gasteiger partial charge in [-0.2, -0.15) is 0 Å². The number of methoxy groups -OCH3 is 1. The average Bonchev–Trinajstić information content (AvgIpc) is 2.61. The van der Waals surface area contributed by atoms with E-state index >= 15 is 0 Å². The Morgan fingerprint density at radius 1 is 1.04 bits per heavy atom. The maximum atomic E-state index is 5.58. The van der Waals surface area contributed by atoms with Crippen molar-refractivity contribution in [2.24, 2.45) is 0 Å². The molecule has 5 heteroatoms. The molecule has 0 aliphatic carbocycles. The van der Waals surface area contributed by atoms with Gasteiger partial charge in [0.2, 0.25) is 0 Å². The van der Waals surface area contributed by atoms with Gasteiger partial charge in [-0.3, -0.25) is 0 Å². The van der Waals surface area contributed by atoms with E-state index in [1.807, 2.05) is 49.4 Å². The monoisotopic (exact) mass is 344 g/mol. The smallest absolute Gasteiger partial charge is 0.170 e. The average molecular weight is 344 g/mol. The molecule has 2 aromatic rings. The van der Waals surface area contributed by atoms with Gasteiger partial charge in [0.15, 0.2) is 5.11 Å². The number of aryl methyl sites for hydroxylation is 1. The van der Waals surface area contributed by atoms with E-state index in [0.29, 0.717) is 11.7 Å². The number of benzene rings is 2. The lowest BCUT2D eigenvalue weighted by atomic mass is 10.1. The number of rotatable bonds is 8. The van der Waals surface area contributed by atoms with Crippen molar-refractivity contribution in [2.75, 3.05) is 25.6 Å². The number of anilines is 1. The molecule has 0 heterocycles. The summed E-state index contributed by atoms with van der Waals surface area (Å²) in [5.74, 6) is 1.74. The predicted molar refractivity (Wildman–Crippen MR) is 103 cm³/mol. The SMILES string of the molecule is CCOc1ccccc1NC(=S)NCCCc1ccccc1OC. The summed E-state index contributed by atoms with van der Waals surface area (Å²) in [5.41, 5.74) is 2.09. The molecular formula is C19H24N2O2S. The molecule has 0 aliphatic heterocycles. The van der Waals surface area contributed by atoms with Crippen molar-refractivity contribution in [1.29, 1.82) is 0 Å². The Balaban J connectivity index is 1.78. The lowest BCUT2D eigenvalue weighted by Gasteiger charge is -2.14. The Labute approximate surface area is 149 Å². The highest BCUT2D eigenvalue weighted by atomic mass is 32.1. The van der Waals surface area contributed by atoms with Crippen LogP contribution in [0.25, 0.3) is 0 Å². The standard InChI is InChI=1S/C19H24N2O2S/c1-3-23-18-13-7-5-11-16(18)21-19(24)20-14-8-10-15-9-4-6-12-17(15)22-2/h4-7,9,11-13H,3,8,10,14H2,1-2H3,(H2,20,21,24). The Kier molecular flexibility index (Phi) is 7.36. The number of ether oxygens (including phenoxy) is 2. The first-order valence-electron chi connectivity index (χ1n) is 8.13. The van der Waals surface area contributed by atoms with Gasteiger partial charge >= 0.3 is 0 Å². The number of hydrogen-bond acceptors (Lipinski definition) is 3. The van der Waals surface area contributed by atoms with Crippen LogP contribution >= 0.6 is 12.2 Å². The Morgan fingerprint density at radius 2 is 1.75 bits per heavy atom. The molecule has 24 heavy (non-hydrogen) atoms. The third kappa shape index (κ3) is 5.42. The quantitative estimate of drug-likeness (QED) is 0.559. The van der Waals surface area contributed by atoms with Gasteiger partial charge in [0, 0.05) is 6.54 Å². The first-order chi connectivity index (χ1) is 11.7. The fourth-order valence-corrected chi connectivity index (χ4v) is 2.62. The molecule has 2 aromatic carbocycles. The molecule has 0 saturated carbocycles. The summed E-state index contributed by atoms with van der Waals surface area (Å²) in [4.78, 5) is 0. The maximum Gasteiger partial charge on any atom is 0.170 e. The molecule has 2 N–H and O–H groups in total. The van der Waals surface area contributed by atoms with Crippen LogP contribution in [0.4, 0.5) is 5.69 Å². The number of thiocarbonyl (C=S) groups is 1. The fourth-order valence-electron chi connectivity index (χ4n) is 2.41. The minimum Gasteiger partial charge on any atom is -0.496 e. The molecule has 0 fully saturated rings. The topological polar surface area (TPSA) is 42.5 Å². The van der Waals surface area contributed by atoms with E-state index in [-0.39, 0.29) is 0 Å². The van der Waals surface area contributed by atoms with E-state index in [9.17, 15) is 0 Å². The minimum atomic E-state index is 0.599. The van der Waals surface area contributed by atoms with E-state index in [1.54, 1.807) is 7.11 Å². The highest BCUT2D eigenvalue weighted by molar-refractivity contribution is 7.80. The second-order valence-corrected chi connectivity index (χ2v) is 5.63. The summed E-state index contributed by atoms with van der Waals surface area (Å²) >= 11 is 5.36. The number of para-hydroxylation sites is 3. The summed E-state index contributed by atoms with van der Waals surface area (Å²) in [6.07, 6.45) is 1.91. The lowest BCUT2D eigenvalue weighted by Crippen LogP contribution is -2.29. The van der Waals surface area contributed by atoms with Crippen molar-refractivity contribution in [1.82, 2.24) is 5.32 Å². The molecule has 0 radical (unpaired) electrons. The van der Waals surface area contributed by atoms with Crippen LogP contribution < -0.4 is 20.1 Å². The summed E-state index contributed by atoms with van der Waals surface area (Å²) in [6.45, 7) is 3.38. The van der Waals surface area contributed by atoms with E-state index in [4.69, 9.17) is 21.7 Å². The molecule has 4 nitrogen and oxygen atoms in total. The van der Waals surface area contributed by atoms with Crippen molar-refractivity contribution < 1.29 is 9.47 Å². The van der Waals surface area contributed by atoms with E-state index in [1.165, 1.54) is 5.56 Å². The second kappa shape index (κ2) is 9.78. The molecule has 0 spiro atoms. The largest absolute Gasteiger partial charge is 0.496 e. The third-order valence-corrected chi connectivity index (χ3v) is 3.78. The lowest BCUT2D eigenvalue weighted by molar-refractivity contribution is 0.342. The molecule has 0 amide bonds. The zero-order valence-corrected chi connectivity index (χ0v) is 15.0. The van der Waals surface area contributed by atoms with Crippen LogP contribution in [0.3, 0.4) is 0 Å². The van der Waals surface area contributed by atoms with Gasteiger partial charge in [-0.1, -0.05) is 30.3 Å². The van der Waals surface area contributed by atoms with Crippen molar-refractivity contribution >= 4 is 23.0 Å². The van der Waals surface area contributed by atoms with E-state index < -0.39 is 0 Å². The molecule has 0 unspecified atom stereocenters. The Hall–Kier alpha value is -2.27. The second-order valence-electron chi connectivity index (χ2n) is 5.23. The first kappa shape index (κ1) is 18.1. The van der Waals surface area contributed by atoms with Gasteiger partial charge < -0.3 is 20.1 Å². The van der Waals surface area contributed by atoms with Crippen molar-refractivity contribution in [3.05, 3.63) is 54.1 Å². The van der Waals surface area contributed by atoms with E-state index in [0.717, 1.165) is 36.6 Å². The molecular weight excluding hydrogens is 320 g/mol. The zero-order valence-electron chi connectivity index (χ0n) is 14.2. The summed E-state index contributed by atoms with van der Waals surface area (Å²) < 4.78 is 10.9. The van der Waals surface area contributed by atoms with Gasteiger partial charge in [0.05, 0.1) is 19.4 Å². The van der Waals surface area contributed by atoms with Gasteiger partial charge in [0.25, 0.3) is 0 Å². The van der Waals surface area contributed by atoms with Gasteiger partial charge in [-0.15, -0.1) is 0 Å². The van der Waals surface area contributed by atoms with Gasteiger partial charge in [-0.25, -0.2) is 0 Å². The van der Waals surface area contributed by atoms with Crippen LogP contribution in [0.5, 0.6) is 11.5 Å². The Bertz CT molecular complexity index is 661. The molecule has 128 valence electrons. The van der Waals surface area contributed by atoms with E-state index in [2.05, 4.69) is 16.7 Å². The van der Waals surface area contributed by atoms with Crippen LogP contribution in [0.2, 0.25) is 0 Å². The van der Waals surface area contributed by atoms with Crippen LogP contribution in [0.15, 0.2) is 48.5 Å². The molecule has 0 saturated heterocycles. The van der Waals surface area contributed by atoms with Crippen LogP contribution in [-0.2, 0) is 6.42 Å². The zero-order chi connectivity index (χ0) is 17.2. The molecule has 0 atom stereocenters. The van der Waals surface area contributed by atoms with Crippen LogP contribution in [0, 0.1) is 0 Å². The fraction of sp³-hybridized carbons (Fsp3) is 0.316. The molecule has 0 aromatic heterocycles. The van der Waals surface area contributed by atoms with Crippen LogP contribution in [0.1, 0.15) is 18.9 Å². The van der Waals surface area contributed by atoms with Crippen molar-refractivity contribution in [3.8, 4) is 11.5 Å². The highest BCUT2D eigenvalue weighted by Gasteiger charge is 2.05. The Morgan fingerprint density at radius 3 is 2.50 bits per heavy atom. The normalized spacial score (nSPS) is 10.1. The minimum absolute atomic E-state index is 0.599. The van der Waals surface area contributed by atoms with Crippen LogP contribution in [-0.4, -0.2) is 25.4 Å².